The number of carbonyl (C=O) groups excluding carboxylic acids is 2. The average molecular weight is 512 g/mol. The molecule has 1 fully saturated rings. The molecule has 0 aromatic heterocycles. The smallest absolute Gasteiger partial charge is 0.265 e. The van der Waals surface area contributed by atoms with Crippen LogP contribution in [0.3, 0.4) is 0 Å². The molecule has 2 aliphatic rings. The van der Waals surface area contributed by atoms with Gasteiger partial charge in [0.1, 0.15) is 6.54 Å². The number of hydrogen-bond donors (Lipinski definition) is 1. The first-order chi connectivity index (χ1) is 18.2. The van der Waals surface area contributed by atoms with E-state index in [4.69, 9.17) is 0 Å². The maximum atomic E-state index is 13.4. The third kappa shape index (κ3) is 6.70. The van der Waals surface area contributed by atoms with Gasteiger partial charge in [0.25, 0.3) is 5.91 Å². The van der Waals surface area contributed by atoms with Gasteiger partial charge in [0, 0.05) is 18.0 Å². The lowest BCUT2D eigenvalue weighted by Crippen LogP contribution is -2.45. The van der Waals surface area contributed by atoms with Crippen molar-refractivity contribution in [2.24, 2.45) is 5.92 Å². The van der Waals surface area contributed by atoms with E-state index in [1.807, 2.05) is 60.7 Å². The molecule has 0 saturated carbocycles. The van der Waals surface area contributed by atoms with Crippen LogP contribution in [-0.2, 0) is 16.0 Å². The van der Waals surface area contributed by atoms with Gasteiger partial charge in [-0.25, -0.2) is 0 Å². The quantitative estimate of drug-likeness (QED) is 0.421. The van der Waals surface area contributed by atoms with Crippen LogP contribution in [-0.4, -0.2) is 49.4 Å². The number of para-hydroxylation sites is 1. The number of nitrogens with zero attached hydrogens (tertiary/aromatic N) is 2. The summed E-state index contributed by atoms with van der Waals surface area (Å²) in [7, 11) is 0. The van der Waals surface area contributed by atoms with Crippen molar-refractivity contribution >= 4 is 35.3 Å². The summed E-state index contributed by atoms with van der Waals surface area (Å²) in [5.74, 6) is 0.464. The molecular formula is C31H33N3O2S. The number of hydrogen-bond acceptors (Lipinski definition) is 4. The van der Waals surface area contributed by atoms with Crippen molar-refractivity contribution in [2.75, 3.05) is 37.6 Å². The Morgan fingerprint density at radius 2 is 1.59 bits per heavy atom. The number of nitrogens with one attached hydrogen (secondary N) is 1. The molecule has 37 heavy (non-hydrogen) atoms. The Balaban J connectivity index is 1.13. The Labute approximate surface area is 223 Å². The van der Waals surface area contributed by atoms with Gasteiger partial charge in [-0.05, 0) is 67.6 Å². The number of anilines is 1. The van der Waals surface area contributed by atoms with Crippen molar-refractivity contribution in [3.63, 3.8) is 0 Å². The van der Waals surface area contributed by atoms with Gasteiger partial charge < -0.3 is 10.2 Å². The Morgan fingerprint density at radius 3 is 2.35 bits per heavy atom. The first-order valence-corrected chi connectivity index (χ1v) is 13.9. The molecule has 1 saturated heterocycles. The standard InChI is InChI=1S/C31H33N3O2S/c35-30(32-17-20-33-18-15-26(16-19-33)21-24-9-3-1-4-10-24)23-34-27-13-7-8-14-28(27)37-29(31(34)36)22-25-11-5-2-6-12-25/h1-14,22,26H,15-21,23H2,(H,32,35)/b29-22-. The molecule has 2 amide bonds. The second-order valence-corrected chi connectivity index (χ2v) is 10.8. The first-order valence-electron chi connectivity index (χ1n) is 13.0. The predicted octanol–water partition coefficient (Wildman–Crippen LogP) is 5.24. The molecule has 2 aliphatic heterocycles. The lowest BCUT2D eigenvalue weighted by Gasteiger charge is -2.32. The number of fused-ring (bicyclic) bond motifs is 1. The molecule has 0 atom stereocenters. The van der Waals surface area contributed by atoms with Crippen LogP contribution in [0.15, 0.2) is 94.7 Å². The Bertz CT molecular complexity index is 1240. The molecule has 0 spiro atoms. The molecule has 3 aromatic carbocycles. The minimum absolute atomic E-state index is 0.0156. The van der Waals surface area contributed by atoms with E-state index in [0.29, 0.717) is 11.4 Å². The van der Waals surface area contributed by atoms with Crippen LogP contribution in [0.25, 0.3) is 6.08 Å². The summed E-state index contributed by atoms with van der Waals surface area (Å²) in [6, 6.07) is 28.3. The molecule has 2 heterocycles. The monoisotopic (exact) mass is 511 g/mol. The molecule has 0 bridgehead atoms. The highest BCUT2D eigenvalue weighted by Crippen LogP contribution is 2.41. The third-order valence-electron chi connectivity index (χ3n) is 7.06. The maximum Gasteiger partial charge on any atom is 0.265 e. The molecule has 5 nitrogen and oxygen atoms in total. The summed E-state index contributed by atoms with van der Waals surface area (Å²) in [6.07, 6.45) is 5.43. The largest absolute Gasteiger partial charge is 0.353 e. The minimum atomic E-state index is -0.136. The fourth-order valence-corrected chi connectivity index (χ4v) is 6.09. The van der Waals surface area contributed by atoms with E-state index in [1.54, 1.807) is 4.90 Å². The number of rotatable bonds is 8. The number of carbonyl (C=O) groups is 2. The van der Waals surface area contributed by atoms with Crippen LogP contribution >= 0.6 is 11.8 Å². The molecule has 0 unspecified atom stereocenters. The van der Waals surface area contributed by atoms with Crippen molar-refractivity contribution < 1.29 is 9.59 Å². The third-order valence-corrected chi connectivity index (χ3v) is 8.13. The van der Waals surface area contributed by atoms with E-state index in [1.165, 1.54) is 30.2 Å². The fraction of sp³-hybridized carbons (Fsp3) is 0.290. The molecule has 5 rings (SSSR count). The van der Waals surface area contributed by atoms with E-state index in [-0.39, 0.29) is 18.4 Å². The van der Waals surface area contributed by atoms with Gasteiger partial charge in [-0.2, -0.15) is 0 Å². The zero-order chi connectivity index (χ0) is 25.5. The van der Waals surface area contributed by atoms with Gasteiger partial charge in [0.2, 0.25) is 5.91 Å². The van der Waals surface area contributed by atoms with Crippen molar-refractivity contribution in [3.8, 4) is 0 Å². The van der Waals surface area contributed by atoms with Crippen LogP contribution in [0.4, 0.5) is 5.69 Å². The Hall–Kier alpha value is -3.35. The zero-order valence-electron chi connectivity index (χ0n) is 21.0. The van der Waals surface area contributed by atoms with Crippen LogP contribution in [0.1, 0.15) is 24.0 Å². The predicted molar refractivity (Wildman–Crippen MR) is 151 cm³/mol. The highest BCUT2D eigenvalue weighted by Gasteiger charge is 2.30. The maximum absolute atomic E-state index is 13.4. The van der Waals surface area contributed by atoms with Gasteiger partial charge in [-0.1, -0.05) is 84.6 Å². The SMILES string of the molecule is O=C(CN1C(=O)/C(=C/c2ccccc2)Sc2ccccc21)NCCN1CCC(Cc2ccccc2)CC1. The molecule has 0 aliphatic carbocycles. The summed E-state index contributed by atoms with van der Waals surface area (Å²) in [4.78, 5) is 31.9. The number of likely N-dealkylation sites (tertiary alicyclic amines) is 1. The molecule has 6 heteroatoms. The topological polar surface area (TPSA) is 52.7 Å². The number of benzene rings is 3. The summed E-state index contributed by atoms with van der Waals surface area (Å²) >= 11 is 1.46. The average Bonchev–Trinajstić information content (AvgIpc) is 2.93. The summed E-state index contributed by atoms with van der Waals surface area (Å²) in [5.41, 5.74) is 3.18. The summed E-state index contributed by atoms with van der Waals surface area (Å²) in [5, 5.41) is 3.04. The fourth-order valence-electron chi connectivity index (χ4n) is 5.03. The van der Waals surface area contributed by atoms with E-state index in [2.05, 4.69) is 40.5 Å². The number of thioether (sulfide) groups is 1. The van der Waals surface area contributed by atoms with Gasteiger partial charge in [0.05, 0.1) is 10.6 Å². The first kappa shape index (κ1) is 25.3. The van der Waals surface area contributed by atoms with E-state index < -0.39 is 0 Å². The van der Waals surface area contributed by atoms with E-state index >= 15 is 0 Å². The normalized spacial score (nSPS) is 17.6. The van der Waals surface area contributed by atoms with Crippen molar-refractivity contribution in [2.45, 2.75) is 24.2 Å². The number of amides is 2. The van der Waals surface area contributed by atoms with Gasteiger partial charge in [0.15, 0.2) is 0 Å². The van der Waals surface area contributed by atoms with Crippen molar-refractivity contribution in [1.82, 2.24) is 10.2 Å². The van der Waals surface area contributed by atoms with E-state index in [0.717, 1.165) is 48.1 Å². The molecule has 0 radical (unpaired) electrons. The molecular weight excluding hydrogens is 478 g/mol. The van der Waals surface area contributed by atoms with Crippen LogP contribution in [0, 0.1) is 5.92 Å². The lowest BCUT2D eigenvalue weighted by atomic mass is 9.90. The lowest BCUT2D eigenvalue weighted by molar-refractivity contribution is -0.122. The zero-order valence-corrected chi connectivity index (χ0v) is 21.8. The van der Waals surface area contributed by atoms with Crippen molar-refractivity contribution in [3.05, 3.63) is 101 Å². The van der Waals surface area contributed by atoms with Crippen molar-refractivity contribution in [1.29, 1.82) is 0 Å². The second-order valence-electron chi connectivity index (χ2n) is 9.71. The van der Waals surface area contributed by atoms with Gasteiger partial charge >= 0.3 is 0 Å². The summed E-state index contributed by atoms with van der Waals surface area (Å²) < 4.78 is 0. The molecule has 190 valence electrons. The van der Waals surface area contributed by atoms with Gasteiger partial charge in [-0.3, -0.25) is 14.5 Å². The van der Waals surface area contributed by atoms with E-state index in [9.17, 15) is 9.59 Å². The highest BCUT2D eigenvalue weighted by molar-refractivity contribution is 8.04. The second kappa shape index (κ2) is 12.3. The minimum Gasteiger partial charge on any atom is -0.353 e. The van der Waals surface area contributed by atoms with Crippen LogP contribution < -0.4 is 10.2 Å². The molecule has 3 aromatic rings. The Kier molecular flexibility index (Phi) is 8.39. The van der Waals surface area contributed by atoms with Gasteiger partial charge in [-0.15, -0.1) is 0 Å². The molecule has 1 N–H and O–H groups in total. The summed E-state index contributed by atoms with van der Waals surface area (Å²) in [6.45, 7) is 3.57. The highest BCUT2D eigenvalue weighted by atomic mass is 32.2. The van der Waals surface area contributed by atoms with Crippen LogP contribution in [0.5, 0.6) is 0 Å². The number of piperidine rings is 1. The van der Waals surface area contributed by atoms with Crippen LogP contribution in [0.2, 0.25) is 0 Å². The Morgan fingerprint density at radius 1 is 0.919 bits per heavy atom.